The van der Waals surface area contributed by atoms with Gasteiger partial charge in [-0.2, -0.15) is 0 Å². The number of hydrogen-bond donors (Lipinski definition) is 1. The number of ether oxygens (including phenoxy) is 1. The summed E-state index contributed by atoms with van der Waals surface area (Å²) in [5.41, 5.74) is -0.161. The second-order valence-corrected chi connectivity index (χ2v) is 5.39. The van der Waals surface area contributed by atoms with Crippen LogP contribution in [-0.2, 0) is 4.74 Å². The standard InChI is InChI=1S/C14H17ClFNO2/c1-14(2,3)19-13(18)17-8-4-5-10-9-11(15)6-7-12(10)16/h4-7,9H,8H2,1-3H3,(H,17,18). The van der Waals surface area contributed by atoms with Gasteiger partial charge in [-0.15, -0.1) is 0 Å². The van der Waals surface area contributed by atoms with E-state index < -0.39 is 11.7 Å². The molecule has 0 aliphatic heterocycles. The minimum atomic E-state index is -0.535. The van der Waals surface area contributed by atoms with Crippen molar-refractivity contribution in [2.45, 2.75) is 26.4 Å². The van der Waals surface area contributed by atoms with Crippen LogP contribution in [0.1, 0.15) is 26.3 Å². The predicted octanol–water partition coefficient (Wildman–Crippen LogP) is 4.02. The van der Waals surface area contributed by atoms with Gasteiger partial charge in [0.2, 0.25) is 0 Å². The molecule has 5 heteroatoms. The van der Waals surface area contributed by atoms with Crippen LogP contribution in [0.15, 0.2) is 24.3 Å². The summed E-state index contributed by atoms with van der Waals surface area (Å²) < 4.78 is 18.4. The molecule has 0 aromatic heterocycles. The first-order valence-electron chi connectivity index (χ1n) is 5.86. The Morgan fingerprint density at radius 3 is 2.79 bits per heavy atom. The Morgan fingerprint density at radius 2 is 2.16 bits per heavy atom. The van der Waals surface area contributed by atoms with Crippen molar-refractivity contribution in [2.24, 2.45) is 0 Å². The minimum Gasteiger partial charge on any atom is -0.444 e. The van der Waals surface area contributed by atoms with Gasteiger partial charge in [-0.3, -0.25) is 0 Å². The highest BCUT2D eigenvalue weighted by molar-refractivity contribution is 6.30. The number of halogens is 2. The second-order valence-electron chi connectivity index (χ2n) is 4.95. The lowest BCUT2D eigenvalue weighted by Crippen LogP contribution is -2.32. The highest BCUT2D eigenvalue weighted by Gasteiger charge is 2.14. The maximum Gasteiger partial charge on any atom is 0.407 e. The number of benzene rings is 1. The van der Waals surface area contributed by atoms with E-state index in [-0.39, 0.29) is 12.4 Å². The van der Waals surface area contributed by atoms with Gasteiger partial charge in [-0.1, -0.05) is 23.8 Å². The Labute approximate surface area is 117 Å². The number of rotatable bonds is 3. The van der Waals surface area contributed by atoms with E-state index in [9.17, 15) is 9.18 Å². The first-order chi connectivity index (χ1) is 8.78. The molecule has 0 fully saturated rings. The van der Waals surface area contributed by atoms with Gasteiger partial charge in [0.25, 0.3) is 0 Å². The van der Waals surface area contributed by atoms with Crippen LogP contribution in [0.4, 0.5) is 9.18 Å². The minimum absolute atomic E-state index is 0.251. The summed E-state index contributed by atoms with van der Waals surface area (Å²) in [6, 6.07) is 4.29. The van der Waals surface area contributed by atoms with Crippen molar-refractivity contribution in [1.82, 2.24) is 5.32 Å². The van der Waals surface area contributed by atoms with Gasteiger partial charge in [0.05, 0.1) is 0 Å². The Bertz CT molecular complexity index is 481. The molecule has 0 heterocycles. The molecule has 0 radical (unpaired) electrons. The first kappa shape index (κ1) is 15.5. The lowest BCUT2D eigenvalue weighted by molar-refractivity contribution is 0.0534. The lowest BCUT2D eigenvalue weighted by Gasteiger charge is -2.19. The molecular formula is C14H17ClFNO2. The normalized spacial score (nSPS) is 11.6. The highest BCUT2D eigenvalue weighted by Crippen LogP contribution is 2.15. The van der Waals surface area contributed by atoms with Crippen molar-refractivity contribution in [3.05, 3.63) is 40.7 Å². The van der Waals surface area contributed by atoms with Gasteiger partial charge in [-0.05, 0) is 39.0 Å². The Morgan fingerprint density at radius 1 is 1.47 bits per heavy atom. The SMILES string of the molecule is CC(C)(C)OC(=O)NCC=Cc1cc(Cl)ccc1F. The van der Waals surface area contributed by atoms with E-state index >= 15 is 0 Å². The third kappa shape index (κ3) is 6.25. The summed E-state index contributed by atoms with van der Waals surface area (Å²) >= 11 is 5.76. The van der Waals surface area contributed by atoms with Crippen LogP contribution in [0.3, 0.4) is 0 Å². The summed E-state index contributed by atoms with van der Waals surface area (Å²) in [7, 11) is 0. The number of carbonyl (C=O) groups is 1. The molecule has 1 rings (SSSR count). The van der Waals surface area contributed by atoms with E-state index in [2.05, 4.69) is 5.32 Å². The monoisotopic (exact) mass is 285 g/mol. The van der Waals surface area contributed by atoms with E-state index in [4.69, 9.17) is 16.3 Å². The van der Waals surface area contributed by atoms with Gasteiger partial charge in [0.15, 0.2) is 0 Å². The summed E-state index contributed by atoms with van der Waals surface area (Å²) in [5.74, 6) is -0.363. The van der Waals surface area contributed by atoms with Crippen molar-refractivity contribution < 1.29 is 13.9 Å². The Balaban J connectivity index is 2.47. The van der Waals surface area contributed by atoms with E-state index in [1.807, 2.05) is 0 Å². The molecule has 0 spiro atoms. The molecule has 0 aliphatic rings. The summed E-state index contributed by atoms with van der Waals surface area (Å²) in [6.45, 7) is 5.60. The van der Waals surface area contributed by atoms with Crippen LogP contribution in [0, 0.1) is 5.82 Å². The van der Waals surface area contributed by atoms with Crippen molar-refractivity contribution in [3.63, 3.8) is 0 Å². The molecule has 3 nitrogen and oxygen atoms in total. The number of carbonyl (C=O) groups excluding carboxylic acids is 1. The molecule has 104 valence electrons. The molecule has 1 amide bonds. The molecule has 0 unspecified atom stereocenters. The fourth-order valence-corrected chi connectivity index (χ4v) is 1.47. The Hall–Kier alpha value is -1.55. The third-order valence-electron chi connectivity index (χ3n) is 2.02. The maximum atomic E-state index is 13.4. The number of nitrogens with one attached hydrogen (secondary N) is 1. The van der Waals surface area contributed by atoms with Gasteiger partial charge in [0, 0.05) is 17.1 Å². The molecule has 0 saturated carbocycles. The lowest BCUT2D eigenvalue weighted by atomic mass is 10.2. The molecule has 1 aromatic rings. The zero-order valence-electron chi connectivity index (χ0n) is 11.2. The van der Waals surface area contributed by atoms with E-state index in [0.29, 0.717) is 10.6 Å². The third-order valence-corrected chi connectivity index (χ3v) is 2.25. The van der Waals surface area contributed by atoms with Gasteiger partial charge < -0.3 is 10.1 Å². The summed E-state index contributed by atoms with van der Waals surface area (Å²) in [6.07, 6.45) is 2.67. The molecule has 0 saturated heterocycles. The maximum absolute atomic E-state index is 13.4. The van der Waals surface area contributed by atoms with E-state index in [1.165, 1.54) is 18.2 Å². The molecule has 0 bridgehead atoms. The largest absolute Gasteiger partial charge is 0.444 e. The van der Waals surface area contributed by atoms with Crippen LogP contribution in [0.5, 0.6) is 0 Å². The summed E-state index contributed by atoms with van der Waals surface area (Å²) in [4.78, 5) is 11.3. The van der Waals surface area contributed by atoms with Crippen molar-refractivity contribution in [2.75, 3.05) is 6.54 Å². The molecule has 0 atom stereocenters. The first-order valence-corrected chi connectivity index (χ1v) is 6.24. The second kappa shape index (κ2) is 6.57. The fourth-order valence-electron chi connectivity index (χ4n) is 1.28. The van der Waals surface area contributed by atoms with E-state index in [0.717, 1.165) is 0 Å². The smallest absolute Gasteiger partial charge is 0.407 e. The molecule has 0 aliphatic carbocycles. The van der Waals surface area contributed by atoms with Crippen LogP contribution < -0.4 is 5.32 Å². The van der Waals surface area contributed by atoms with Crippen LogP contribution in [0.2, 0.25) is 5.02 Å². The number of alkyl carbamates (subject to hydrolysis) is 1. The topological polar surface area (TPSA) is 38.3 Å². The predicted molar refractivity (Wildman–Crippen MR) is 74.7 cm³/mol. The highest BCUT2D eigenvalue weighted by atomic mass is 35.5. The van der Waals surface area contributed by atoms with Gasteiger partial charge in [0.1, 0.15) is 11.4 Å². The van der Waals surface area contributed by atoms with Gasteiger partial charge in [-0.25, -0.2) is 9.18 Å². The fraction of sp³-hybridized carbons (Fsp3) is 0.357. The molecule has 1 aromatic carbocycles. The van der Waals surface area contributed by atoms with Crippen molar-refractivity contribution in [1.29, 1.82) is 0 Å². The zero-order chi connectivity index (χ0) is 14.5. The van der Waals surface area contributed by atoms with Crippen molar-refractivity contribution >= 4 is 23.8 Å². The number of hydrogen-bond acceptors (Lipinski definition) is 2. The average Bonchev–Trinajstić information content (AvgIpc) is 2.26. The average molecular weight is 286 g/mol. The molecule has 19 heavy (non-hydrogen) atoms. The molecular weight excluding hydrogens is 269 g/mol. The van der Waals surface area contributed by atoms with Crippen LogP contribution in [0.25, 0.3) is 6.08 Å². The summed E-state index contributed by atoms with van der Waals surface area (Å²) in [5, 5.41) is 3.00. The quantitative estimate of drug-likeness (QED) is 0.911. The Kier molecular flexibility index (Phi) is 5.36. The van der Waals surface area contributed by atoms with Crippen LogP contribution >= 0.6 is 11.6 Å². The zero-order valence-corrected chi connectivity index (χ0v) is 11.9. The number of amides is 1. The molecule has 1 N–H and O–H groups in total. The van der Waals surface area contributed by atoms with Crippen LogP contribution in [-0.4, -0.2) is 18.2 Å². The van der Waals surface area contributed by atoms with E-state index in [1.54, 1.807) is 32.9 Å². The van der Waals surface area contributed by atoms with Crippen molar-refractivity contribution in [3.8, 4) is 0 Å². The van der Waals surface area contributed by atoms with Gasteiger partial charge >= 0.3 is 6.09 Å².